The number of carboxylic acids is 1. The molecule has 3 atom stereocenters. The molecule has 0 saturated heterocycles. The molecular formula is C23H42O6. The van der Waals surface area contributed by atoms with Crippen molar-refractivity contribution in [3.05, 3.63) is 0 Å². The van der Waals surface area contributed by atoms with Gasteiger partial charge in [-0.2, -0.15) is 0 Å². The number of carbonyl (C=O) groups is 2. The van der Waals surface area contributed by atoms with Crippen LogP contribution in [0.5, 0.6) is 0 Å². The van der Waals surface area contributed by atoms with Crippen LogP contribution in [0.2, 0.25) is 0 Å². The molecule has 0 bridgehead atoms. The number of carbonyl (C=O) groups excluding carboxylic acids is 1. The molecule has 29 heavy (non-hydrogen) atoms. The molecule has 1 fully saturated rings. The number of hydrogen-bond acceptors (Lipinski definition) is 5. The van der Waals surface area contributed by atoms with E-state index in [0.717, 1.165) is 19.3 Å². The zero-order chi connectivity index (χ0) is 22.1. The van der Waals surface area contributed by atoms with Crippen molar-refractivity contribution < 1.29 is 28.9 Å². The van der Waals surface area contributed by atoms with E-state index >= 15 is 0 Å². The molecule has 1 saturated carbocycles. The van der Waals surface area contributed by atoms with Crippen LogP contribution in [0.3, 0.4) is 0 Å². The van der Waals surface area contributed by atoms with Crippen molar-refractivity contribution in [2.24, 2.45) is 28.6 Å². The third-order valence-electron chi connectivity index (χ3n) is 5.99. The lowest BCUT2D eigenvalue weighted by atomic mass is 9.69. The van der Waals surface area contributed by atoms with Crippen LogP contribution < -0.4 is 0 Å². The molecule has 0 radical (unpaired) electrons. The molecule has 0 aliphatic heterocycles. The van der Waals surface area contributed by atoms with Gasteiger partial charge in [0.25, 0.3) is 0 Å². The summed E-state index contributed by atoms with van der Waals surface area (Å²) < 4.78 is 16.6. The smallest absolute Gasteiger partial charge is 0.309 e. The summed E-state index contributed by atoms with van der Waals surface area (Å²) in [6, 6.07) is 0. The molecule has 6 heteroatoms. The van der Waals surface area contributed by atoms with E-state index in [1.165, 1.54) is 0 Å². The first kappa shape index (κ1) is 25.9. The monoisotopic (exact) mass is 414 g/mol. The van der Waals surface area contributed by atoms with Gasteiger partial charge < -0.3 is 19.3 Å². The van der Waals surface area contributed by atoms with E-state index in [9.17, 15) is 14.7 Å². The summed E-state index contributed by atoms with van der Waals surface area (Å²) >= 11 is 0. The Bertz CT molecular complexity index is 510. The van der Waals surface area contributed by atoms with E-state index in [1.807, 2.05) is 0 Å². The lowest BCUT2D eigenvalue weighted by molar-refractivity contribution is -0.160. The molecule has 1 N–H and O–H groups in total. The molecule has 0 spiro atoms. The number of aliphatic carboxylic acids is 1. The Morgan fingerprint density at radius 2 is 1.62 bits per heavy atom. The minimum absolute atomic E-state index is 0.0951. The lowest BCUT2D eigenvalue weighted by Gasteiger charge is -2.38. The van der Waals surface area contributed by atoms with Crippen molar-refractivity contribution in [3.63, 3.8) is 0 Å². The highest BCUT2D eigenvalue weighted by Gasteiger charge is 2.36. The summed E-state index contributed by atoms with van der Waals surface area (Å²) in [5.41, 5.74) is 0.336. The molecule has 3 unspecified atom stereocenters. The van der Waals surface area contributed by atoms with Crippen molar-refractivity contribution in [2.75, 3.05) is 26.6 Å². The summed E-state index contributed by atoms with van der Waals surface area (Å²) in [7, 11) is 0. The van der Waals surface area contributed by atoms with E-state index in [-0.39, 0.29) is 30.2 Å². The van der Waals surface area contributed by atoms with Crippen LogP contribution in [0.15, 0.2) is 0 Å². The number of ether oxygens (including phenoxy) is 3. The van der Waals surface area contributed by atoms with Crippen molar-refractivity contribution in [2.45, 2.75) is 80.1 Å². The second kappa shape index (κ2) is 11.9. The third kappa shape index (κ3) is 9.47. The molecule has 0 aromatic heterocycles. The highest BCUT2D eigenvalue weighted by atomic mass is 16.7. The van der Waals surface area contributed by atoms with Crippen molar-refractivity contribution in [1.29, 1.82) is 0 Å². The van der Waals surface area contributed by atoms with Crippen LogP contribution in [-0.4, -0.2) is 43.7 Å². The molecular weight excluding hydrogens is 372 g/mol. The highest BCUT2D eigenvalue weighted by Crippen LogP contribution is 2.39. The summed E-state index contributed by atoms with van der Waals surface area (Å²) in [5.74, 6) is -1.89. The summed E-state index contributed by atoms with van der Waals surface area (Å²) in [6.07, 6.45) is 4.55. The topological polar surface area (TPSA) is 82.1 Å². The zero-order valence-corrected chi connectivity index (χ0v) is 19.3. The Kier molecular flexibility index (Phi) is 10.6. The van der Waals surface area contributed by atoms with Gasteiger partial charge in [-0.05, 0) is 36.0 Å². The predicted molar refractivity (Wildman–Crippen MR) is 112 cm³/mol. The maximum Gasteiger partial charge on any atom is 0.309 e. The SMILES string of the molecule is CC(C)C(C)(COCOCCCOC(=O)C1CCCCC1C(=O)O)CC(C)(C)C. The molecule has 1 aliphatic carbocycles. The minimum Gasteiger partial charge on any atom is -0.481 e. The predicted octanol–water partition coefficient (Wildman–Crippen LogP) is 4.90. The summed E-state index contributed by atoms with van der Waals surface area (Å²) in [5, 5.41) is 9.26. The first-order valence-electron chi connectivity index (χ1n) is 11.0. The van der Waals surface area contributed by atoms with E-state index in [2.05, 4.69) is 41.5 Å². The highest BCUT2D eigenvalue weighted by molar-refractivity contribution is 5.81. The molecule has 0 heterocycles. The van der Waals surface area contributed by atoms with E-state index in [0.29, 0.717) is 38.4 Å². The van der Waals surface area contributed by atoms with Crippen LogP contribution in [0.4, 0.5) is 0 Å². The van der Waals surface area contributed by atoms with Crippen LogP contribution in [0.25, 0.3) is 0 Å². The van der Waals surface area contributed by atoms with Gasteiger partial charge in [-0.1, -0.05) is 54.4 Å². The molecule has 1 aliphatic rings. The van der Waals surface area contributed by atoms with Gasteiger partial charge in [0.05, 0.1) is 31.7 Å². The van der Waals surface area contributed by atoms with E-state index in [1.54, 1.807) is 0 Å². The zero-order valence-electron chi connectivity index (χ0n) is 19.3. The van der Waals surface area contributed by atoms with Gasteiger partial charge >= 0.3 is 11.9 Å². The summed E-state index contributed by atoms with van der Waals surface area (Å²) in [6.45, 7) is 15.0. The fourth-order valence-corrected chi connectivity index (χ4v) is 4.18. The molecule has 0 aromatic carbocycles. The van der Waals surface area contributed by atoms with Gasteiger partial charge in [-0.3, -0.25) is 9.59 Å². The van der Waals surface area contributed by atoms with Crippen molar-refractivity contribution >= 4 is 11.9 Å². The third-order valence-corrected chi connectivity index (χ3v) is 5.99. The quantitative estimate of drug-likeness (QED) is 0.278. The fourth-order valence-electron chi connectivity index (χ4n) is 4.18. The van der Waals surface area contributed by atoms with Gasteiger partial charge in [-0.15, -0.1) is 0 Å². The van der Waals surface area contributed by atoms with E-state index in [4.69, 9.17) is 14.2 Å². The van der Waals surface area contributed by atoms with Crippen molar-refractivity contribution in [3.8, 4) is 0 Å². The van der Waals surface area contributed by atoms with Crippen LogP contribution in [0, 0.1) is 28.6 Å². The van der Waals surface area contributed by atoms with Gasteiger partial charge in [0.2, 0.25) is 0 Å². The first-order chi connectivity index (χ1) is 13.5. The van der Waals surface area contributed by atoms with Crippen LogP contribution in [0.1, 0.15) is 80.1 Å². The van der Waals surface area contributed by atoms with Crippen molar-refractivity contribution in [1.82, 2.24) is 0 Å². The Balaban J connectivity index is 2.20. The maximum absolute atomic E-state index is 12.2. The van der Waals surface area contributed by atoms with Crippen LogP contribution >= 0.6 is 0 Å². The second-order valence-electron chi connectivity index (χ2n) is 10.3. The normalized spacial score (nSPS) is 22.3. The molecule has 6 nitrogen and oxygen atoms in total. The van der Waals surface area contributed by atoms with Crippen LogP contribution in [-0.2, 0) is 23.8 Å². The van der Waals surface area contributed by atoms with Gasteiger partial charge in [0, 0.05) is 6.42 Å². The Morgan fingerprint density at radius 1 is 1.00 bits per heavy atom. The molecule has 170 valence electrons. The van der Waals surface area contributed by atoms with Gasteiger partial charge in [0.15, 0.2) is 0 Å². The fraction of sp³-hybridized carbons (Fsp3) is 0.913. The standard InChI is InChI=1S/C23H42O6/c1-17(2)23(6,14-22(3,4)5)15-28-16-27-12-9-13-29-21(26)19-11-8-7-10-18(19)20(24)25/h17-19H,7-16H2,1-6H3,(H,24,25). The minimum atomic E-state index is -0.896. The Hall–Kier alpha value is -1.14. The number of esters is 1. The average Bonchev–Trinajstić information content (AvgIpc) is 2.62. The Labute approximate surface area is 176 Å². The maximum atomic E-state index is 12.2. The summed E-state index contributed by atoms with van der Waals surface area (Å²) in [4.78, 5) is 23.5. The number of rotatable bonds is 12. The largest absolute Gasteiger partial charge is 0.481 e. The van der Waals surface area contributed by atoms with Gasteiger partial charge in [0.1, 0.15) is 6.79 Å². The first-order valence-corrected chi connectivity index (χ1v) is 11.0. The lowest BCUT2D eigenvalue weighted by Crippen LogP contribution is -2.34. The number of hydrogen-bond donors (Lipinski definition) is 1. The second-order valence-corrected chi connectivity index (χ2v) is 10.3. The molecule has 0 amide bonds. The Morgan fingerprint density at radius 3 is 2.17 bits per heavy atom. The number of carboxylic acid groups (broad SMARTS) is 1. The van der Waals surface area contributed by atoms with E-state index < -0.39 is 17.8 Å². The van der Waals surface area contributed by atoms with Gasteiger partial charge in [-0.25, -0.2) is 0 Å². The average molecular weight is 415 g/mol. The molecule has 0 aromatic rings. The molecule has 1 rings (SSSR count).